The molecule has 0 saturated heterocycles. The second kappa shape index (κ2) is 2.99. The van der Waals surface area contributed by atoms with Crippen LogP contribution in [0, 0.1) is 0 Å². The summed E-state index contributed by atoms with van der Waals surface area (Å²) in [5, 5.41) is 0. The van der Waals surface area contributed by atoms with E-state index in [1.165, 1.54) is 6.08 Å². The summed E-state index contributed by atoms with van der Waals surface area (Å²) in [7, 11) is -3.15. The standard InChI is InChI=1S/C7H11NO3S/c1-12(10,11)5-2-3-7(9)6(8)4-5/h4,6H,2-3,8H2,1H3. The molecule has 5 heteroatoms. The summed E-state index contributed by atoms with van der Waals surface area (Å²) in [5.74, 6) is -0.0950. The Kier molecular flexibility index (Phi) is 2.34. The summed E-state index contributed by atoms with van der Waals surface area (Å²) in [6.07, 6.45) is 2.99. The van der Waals surface area contributed by atoms with Crippen molar-refractivity contribution in [2.24, 2.45) is 5.73 Å². The Balaban J connectivity index is 2.98. The highest BCUT2D eigenvalue weighted by Gasteiger charge is 2.22. The molecule has 4 nitrogen and oxygen atoms in total. The third-order valence-electron chi connectivity index (χ3n) is 1.83. The van der Waals surface area contributed by atoms with Gasteiger partial charge in [0.15, 0.2) is 15.6 Å². The average molecular weight is 189 g/mol. The normalized spacial score (nSPS) is 25.3. The van der Waals surface area contributed by atoms with Gasteiger partial charge in [-0.15, -0.1) is 0 Å². The Morgan fingerprint density at radius 3 is 2.50 bits per heavy atom. The molecule has 2 N–H and O–H groups in total. The second-order valence-corrected chi connectivity index (χ2v) is 4.97. The van der Waals surface area contributed by atoms with E-state index in [-0.39, 0.29) is 17.1 Å². The van der Waals surface area contributed by atoms with Gasteiger partial charge in [-0.3, -0.25) is 4.79 Å². The van der Waals surface area contributed by atoms with Crippen molar-refractivity contribution in [1.29, 1.82) is 0 Å². The molecule has 0 amide bonds. The van der Waals surface area contributed by atoms with Crippen molar-refractivity contribution in [3.05, 3.63) is 11.0 Å². The van der Waals surface area contributed by atoms with Crippen LogP contribution in [0.25, 0.3) is 0 Å². The van der Waals surface area contributed by atoms with Gasteiger partial charge in [0.25, 0.3) is 0 Å². The van der Waals surface area contributed by atoms with Crippen LogP contribution in [0.3, 0.4) is 0 Å². The van der Waals surface area contributed by atoms with E-state index < -0.39 is 15.9 Å². The number of Topliss-reactive ketones (excluding diaryl/α,β-unsaturated/α-hetero) is 1. The fourth-order valence-corrected chi connectivity index (χ4v) is 1.97. The molecule has 1 aliphatic rings. The topological polar surface area (TPSA) is 77.2 Å². The summed E-state index contributed by atoms with van der Waals surface area (Å²) in [6.45, 7) is 0. The Morgan fingerprint density at radius 2 is 2.08 bits per heavy atom. The molecule has 1 atom stereocenters. The van der Waals surface area contributed by atoms with E-state index in [0.29, 0.717) is 6.42 Å². The SMILES string of the molecule is CS(=O)(=O)C1=CC(N)C(=O)CC1. The first-order valence-electron chi connectivity index (χ1n) is 3.60. The lowest BCUT2D eigenvalue weighted by molar-refractivity contribution is -0.119. The number of nitrogens with two attached hydrogens (primary N) is 1. The van der Waals surface area contributed by atoms with Gasteiger partial charge in [-0.25, -0.2) is 8.42 Å². The Bertz CT molecular complexity index is 329. The molecule has 0 aromatic heterocycles. The predicted molar refractivity (Wildman–Crippen MR) is 45.1 cm³/mol. The number of carbonyl (C=O) groups excluding carboxylic acids is 1. The van der Waals surface area contributed by atoms with Crippen molar-refractivity contribution in [3.8, 4) is 0 Å². The van der Waals surface area contributed by atoms with Gasteiger partial charge in [0.2, 0.25) is 0 Å². The average Bonchev–Trinajstić information content (AvgIpc) is 1.92. The van der Waals surface area contributed by atoms with Crippen molar-refractivity contribution in [3.63, 3.8) is 0 Å². The van der Waals surface area contributed by atoms with Crippen LogP contribution < -0.4 is 5.73 Å². The largest absolute Gasteiger partial charge is 0.318 e. The van der Waals surface area contributed by atoms with Crippen molar-refractivity contribution in [1.82, 2.24) is 0 Å². The maximum Gasteiger partial charge on any atom is 0.171 e. The number of ketones is 1. The first-order valence-corrected chi connectivity index (χ1v) is 5.49. The molecular weight excluding hydrogens is 178 g/mol. The van der Waals surface area contributed by atoms with Crippen molar-refractivity contribution < 1.29 is 13.2 Å². The molecular formula is C7H11NO3S. The molecule has 0 fully saturated rings. The summed E-state index contributed by atoms with van der Waals surface area (Å²) in [4.78, 5) is 11.2. The van der Waals surface area contributed by atoms with Gasteiger partial charge in [-0.1, -0.05) is 0 Å². The smallest absolute Gasteiger partial charge is 0.171 e. The maximum absolute atomic E-state index is 11.0. The van der Waals surface area contributed by atoms with E-state index in [0.717, 1.165) is 6.26 Å². The molecule has 0 spiro atoms. The highest BCUT2D eigenvalue weighted by molar-refractivity contribution is 7.94. The monoisotopic (exact) mass is 189 g/mol. The van der Waals surface area contributed by atoms with Gasteiger partial charge in [0.1, 0.15) is 0 Å². The number of allylic oxidation sites excluding steroid dienone is 1. The quantitative estimate of drug-likeness (QED) is 0.609. The van der Waals surface area contributed by atoms with Crippen LogP contribution in [-0.2, 0) is 14.6 Å². The third-order valence-corrected chi connectivity index (χ3v) is 3.12. The van der Waals surface area contributed by atoms with Gasteiger partial charge in [0.05, 0.1) is 6.04 Å². The highest BCUT2D eigenvalue weighted by atomic mass is 32.2. The molecule has 0 aromatic rings. The number of rotatable bonds is 1. The van der Waals surface area contributed by atoms with Gasteiger partial charge in [-0.2, -0.15) is 0 Å². The molecule has 0 aliphatic heterocycles. The molecule has 0 aromatic carbocycles. The van der Waals surface area contributed by atoms with Gasteiger partial charge in [-0.05, 0) is 12.5 Å². The van der Waals surface area contributed by atoms with Crippen LogP contribution in [0.4, 0.5) is 0 Å². The molecule has 0 heterocycles. The molecule has 1 aliphatic carbocycles. The second-order valence-electron chi connectivity index (χ2n) is 2.90. The van der Waals surface area contributed by atoms with E-state index in [4.69, 9.17) is 5.73 Å². The fourth-order valence-electron chi connectivity index (χ4n) is 1.10. The first kappa shape index (κ1) is 9.41. The molecule has 1 unspecified atom stereocenters. The number of hydrogen-bond donors (Lipinski definition) is 1. The van der Waals surface area contributed by atoms with Gasteiger partial charge < -0.3 is 5.73 Å². The third kappa shape index (κ3) is 1.92. The lowest BCUT2D eigenvalue weighted by atomic mass is 10.0. The van der Waals surface area contributed by atoms with Gasteiger partial charge in [0, 0.05) is 17.6 Å². The van der Waals surface area contributed by atoms with Crippen LogP contribution in [0.2, 0.25) is 0 Å². The van der Waals surface area contributed by atoms with E-state index in [9.17, 15) is 13.2 Å². The fraction of sp³-hybridized carbons (Fsp3) is 0.571. The molecule has 12 heavy (non-hydrogen) atoms. The summed E-state index contributed by atoms with van der Waals surface area (Å²) in [5.41, 5.74) is 5.37. The van der Waals surface area contributed by atoms with Crippen molar-refractivity contribution in [2.45, 2.75) is 18.9 Å². The van der Waals surface area contributed by atoms with Crippen LogP contribution in [-0.4, -0.2) is 26.5 Å². The van der Waals surface area contributed by atoms with E-state index in [1.807, 2.05) is 0 Å². The number of sulfone groups is 1. The Morgan fingerprint density at radius 1 is 1.50 bits per heavy atom. The summed E-state index contributed by atoms with van der Waals surface area (Å²) in [6, 6.07) is -0.733. The first-order chi connectivity index (χ1) is 5.41. The minimum atomic E-state index is -3.15. The zero-order chi connectivity index (χ0) is 9.35. The van der Waals surface area contributed by atoms with Crippen LogP contribution >= 0.6 is 0 Å². The number of carbonyl (C=O) groups is 1. The lowest BCUT2D eigenvalue weighted by Gasteiger charge is -2.14. The van der Waals surface area contributed by atoms with Crippen LogP contribution in [0.15, 0.2) is 11.0 Å². The lowest BCUT2D eigenvalue weighted by Crippen LogP contribution is -2.32. The minimum Gasteiger partial charge on any atom is -0.318 e. The van der Waals surface area contributed by atoms with E-state index >= 15 is 0 Å². The van der Waals surface area contributed by atoms with Crippen LogP contribution in [0.1, 0.15) is 12.8 Å². The van der Waals surface area contributed by atoms with E-state index in [1.54, 1.807) is 0 Å². The van der Waals surface area contributed by atoms with E-state index in [2.05, 4.69) is 0 Å². The number of hydrogen-bond acceptors (Lipinski definition) is 4. The Labute approximate surface area is 71.4 Å². The molecule has 0 saturated carbocycles. The zero-order valence-electron chi connectivity index (χ0n) is 6.78. The summed E-state index contributed by atoms with van der Waals surface area (Å²) < 4.78 is 22.0. The predicted octanol–water partition coefficient (Wildman–Crippen LogP) is -0.395. The van der Waals surface area contributed by atoms with Crippen molar-refractivity contribution >= 4 is 15.6 Å². The maximum atomic E-state index is 11.0. The van der Waals surface area contributed by atoms with Gasteiger partial charge >= 0.3 is 0 Å². The molecule has 0 bridgehead atoms. The molecule has 0 radical (unpaired) electrons. The highest BCUT2D eigenvalue weighted by Crippen LogP contribution is 2.18. The Hall–Kier alpha value is -0.680. The zero-order valence-corrected chi connectivity index (χ0v) is 7.60. The summed E-state index contributed by atoms with van der Waals surface area (Å²) >= 11 is 0. The molecule has 68 valence electrons. The molecule has 1 rings (SSSR count). The van der Waals surface area contributed by atoms with Crippen LogP contribution in [0.5, 0.6) is 0 Å². The minimum absolute atomic E-state index is 0.0950. The van der Waals surface area contributed by atoms with Crippen molar-refractivity contribution in [2.75, 3.05) is 6.26 Å².